The molecule has 0 aromatic heterocycles. The molecule has 2 N–H and O–H groups in total. The van der Waals surface area contributed by atoms with Gasteiger partial charge in [0.2, 0.25) is 17.7 Å². The predicted octanol–water partition coefficient (Wildman–Crippen LogP) is 3.02. The summed E-state index contributed by atoms with van der Waals surface area (Å²) in [6.07, 6.45) is 5.89. The standard InChI is InChI=1S/C34H44BrN3O8/c1-5-12-20(2)37-16-11-7-10-15-25(40)36-24(19-44-4)28(22-13-8-6-9-14-22)45-33(43)26-27-31(41)38(21(3)18-39)30(32(37)42)34(27)17-23(35)29(26)46-34/h6-9,11,13-14,17,20-21,24,26-30,39H,5,10,12,15-16,18-19H2,1-4H3,(H,36,40)/b11-7-/t20?,21-,24-,26+,27-,28-,29+,30+,34-/m1/s1. The molecule has 4 heterocycles. The van der Waals surface area contributed by atoms with Gasteiger partial charge >= 0.3 is 5.97 Å². The molecule has 1 aromatic carbocycles. The number of hydrogen-bond donors (Lipinski definition) is 2. The normalized spacial score (nSPS) is 33.7. The maximum absolute atomic E-state index is 14.7. The maximum Gasteiger partial charge on any atom is 0.313 e. The van der Waals surface area contributed by atoms with Crippen LogP contribution in [0.5, 0.6) is 0 Å². The van der Waals surface area contributed by atoms with E-state index in [-0.39, 0.29) is 44.0 Å². The summed E-state index contributed by atoms with van der Waals surface area (Å²) in [5.74, 6) is -3.84. The van der Waals surface area contributed by atoms with E-state index in [4.69, 9.17) is 14.2 Å². The average Bonchev–Trinajstić information content (AvgIpc) is 3.64. The molecule has 1 unspecified atom stereocenters. The van der Waals surface area contributed by atoms with Gasteiger partial charge in [0.15, 0.2) is 0 Å². The van der Waals surface area contributed by atoms with Gasteiger partial charge in [0, 0.05) is 30.6 Å². The van der Waals surface area contributed by atoms with Crippen molar-refractivity contribution >= 4 is 39.6 Å². The van der Waals surface area contributed by atoms with Crippen molar-refractivity contribution in [3.63, 3.8) is 0 Å². The second-order valence-electron chi connectivity index (χ2n) is 12.6. The molecule has 250 valence electrons. The number of nitrogens with zero attached hydrogens (tertiary/aromatic N) is 2. The fourth-order valence-electron chi connectivity index (χ4n) is 7.40. The number of methoxy groups -OCH3 is 1. The van der Waals surface area contributed by atoms with Gasteiger partial charge in [-0.1, -0.05) is 71.8 Å². The lowest BCUT2D eigenvalue weighted by Gasteiger charge is -2.39. The first-order valence-corrected chi connectivity index (χ1v) is 16.9. The van der Waals surface area contributed by atoms with Crippen LogP contribution in [-0.4, -0.2) is 101 Å². The molecular formula is C34H44BrN3O8. The molecule has 12 heteroatoms. The number of esters is 1. The molecule has 1 aromatic rings. The van der Waals surface area contributed by atoms with Crippen molar-refractivity contribution in [2.45, 2.75) is 88.4 Å². The number of aliphatic hydroxyl groups is 1. The summed E-state index contributed by atoms with van der Waals surface area (Å²) in [5, 5.41) is 13.2. The number of halogens is 1. The van der Waals surface area contributed by atoms with Crippen LogP contribution in [0.4, 0.5) is 0 Å². The topological polar surface area (TPSA) is 135 Å². The second-order valence-corrected chi connectivity index (χ2v) is 13.6. The Morgan fingerprint density at radius 2 is 1.83 bits per heavy atom. The van der Waals surface area contributed by atoms with Crippen LogP contribution >= 0.6 is 15.9 Å². The number of aliphatic hydroxyl groups excluding tert-OH is 1. The number of rotatable bonds is 8. The van der Waals surface area contributed by atoms with Gasteiger partial charge in [0.25, 0.3) is 0 Å². The van der Waals surface area contributed by atoms with Gasteiger partial charge in [0.1, 0.15) is 29.8 Å². The SMILES string of the molecule is CCCC(C)N1C/C=C\CCC(=O)N[C@H](COC)[C@@H](c2ccccc2)OC(=O)[C@@H]2[C@H]3O[C@@]4(C=C3Br)[C@H](C1=O)N([C@H](C)CO)C(=O)[C@@H]24. The molecule has 5 bridgehead atoms. The first kappa shape index (κ1) is 34.3. The zero-order valence-corrected chi connectivity index (χ0v) is 28.4. The summed E-state index contributed by atoms with van der Waals surface area (Å²) < 4.78 is 18.8. The number of hydrogen-bond acceptors (Lipinski definition) is 8. The van der Waals surface area contributed by atoms with Gasteiger partial charge in [-0.2, -0.15) is 0 Å². The molecule has 5 rings (SSSR count). The third-order valence-corrected chi connectivity index (χ3v) is 10.2. The molecule has 4 aliphatic rings. The smallest absolute Gasteiger partial charge is 0.313 e. The van der Waals surface area contributed by atoms with Gasteiger partial charge in [0.05, 0.1) is 31.2 Å². The van der Waals surface area contributed by atoms with Crippen LogP contribution in [-0.2, 0) is 33.4 Å². The first-order valence-electron chi connectivity index (χ1n) is 16.1. The van der Waals surface area contributed by atoms with Crippen LogP contribution in [0.2, 0.25) is 0 Å². The Hall–Kier alpha value is -3.06. The second kappa shape index (κ2) is 14.4. The molecule has 2 fully saturated rings. The average molecular weight is 703 g/mol. The van der Waals surface area contributed by atoms with E-state index in [2.05, 4.69) is 21.2 Å². The molecule has 0 saturated carbocycles. The molecule has 9 atom stereocenters. The van der Waals surface area contributed by atoms with Crippen LogP contribution in [0.25, 0.3) is 0 Å². The van der Waals surface area contributed by atoms with E-state index < -0.39 is 59.6 Å². The van der Waals surface area contributed by atoms with Crippen LogP contribution in [0, 0.1) is 11.8 Å². The lowest BCUT2D eigenvalue weighted by Crippen LogP contribution is -2.59. The molecule has 11 nitrogen and oxygen atoms in total. The quantitative estimate of drug-likeness (QED) is 0.312. The highest BCUT2D eigenvalue weighted by atomic mass is 79.9. The van der Waals surface area contributed by atoms with Crippen LogP contribution in [0.15, 0.2) is 53.0 Å². The number of cyclic esters (lactones) is 1. The highest BCUT2D eigenvalue weighted by molar-refractivity contribution is 9.11. The number of ether oxygens (including phenoxy) is 3. The minimum atomic E-state index is -1.45. The maximum atomic E-state index is 14.7. The van der Waals surface area contributed by atoms with Crippen molar-refractivity contribution in [3.05, 3.63) is 58.6 Å². The van der Waals surface area contributed by atoms with Gasteiger partial charge < -0.3 is 34.4 Å². The zero-order valence-electron chi connectivity index (χ0n) is 26.8. The number of carbonyl (C=O) groups excluding carboxylic acids is 4. The fourth-order valence-corrected chi connectivity index (χ4v) is 8.13. The molecule has 2 saturated heterocycles. The number of nitrogens with one attached hydrogen (secondary N) is 1. The van der Waals surface area contributed by atoms with Gasteiger partial charge in [-0.15, -0.1) is 0 Å². The number of benzene rings is 1. The van der Waals surface area contributed by atoms with Gasteiger partial charge in [-0.25, -0.2) is 0 Å². The zero-order chi connectivity index (χ0) is 33.2. The third-order valence-electron chi connectivity index (χ3n) is 9.57. The largest absolute Gasteiger partial charge is 0.455 e. The molecule has 0 radical (unpaired) electrons. The summed E-state index contributed by atoms with van der Waals surface area (Å²) in [7, 11) is 1.51. The van der Waals surface area contributed by atoms with Crippen LogP contribution in [0.3, 0.4) is 0 Å². The van der Waals surface area contributed by atoms with E-state index in [1.165, 1.54) is 12.0 Å². The van der Waals surface area contributed by atoms with Crippen molar-refractivity contribution in [2.24, 2.45) is 11.8 Å². The number of allylic oxidation sites excluding steroid dienone is 1. The molecular weight excluding hydrogens is 658 g/mol. The predicted molar refractivity (Wildman–Crippen MR) is 172 cm³/mol. The number of likely N-dealkylation sites (tertiary alicyclic amines) is 1. The van der Waals surface area contributed by atoms with Gasteiger partial charge in [-0.05, 0) is 38.3 Å². The van der Waals surface area contributed by atoms with Crippen molar-refractivity contribution in [1.82, 2.24) is 15.1 Å². The minimum Gasteiger partial charge on any atom is -0.455 e. The summed E-state index contributed by atoms with van der Waals surface area (Å²) in [4.78, 5) is 59.7. The Labute approximate surface area is 278 Å². The Kier molecular flexibility index (Phi) is 10.7. The van der Waals surface area contributed by atoms with Crippen LogP contribution in [0.1, 0.15) is 58.1 Å². The molecule has 0 aliphatic carbocycles. The summed E-state index contributed by atoms with van der Waals surface area (Å²) in [6.45, 7) is 5.65. The van der Waals surface area contributed by atoms with E-state index in [0.717, 1.165) is 12.8 Å². The van der Waals surface area contributed by atoms with Crippen molar-refractivity contribution < 1.29 is 38.5 Å². The lowest BCUT2D eigenvalue weighted by atomic mass is 9.74. The molecule has 46 heavy (non-hydrogen) atoms. The Bertz CT molecular complexity index is 1370. The monoisotopic (exact) mass is 701 g/mol. The van der Waals surface area contributed by atoms with Crippen LogP contribution < -0.4 is 5.32 Å². The lowest BCUT2D eigenvalue weighted by molar-refractivity contribution is -0.163. The van der Waals surface area contributed by atoms with E-state index in [9.17, 15) is 24.3 Å². The van der Waals surface area contributed by atoms with Crippen molar-refractivity contribution in [1.29, 1.82) is 0 Å². The number of carbonyl (C=O) groups is 4. The molecule has 4 aliphatic heterocycles. The van der Waals surface area contributed by atoms with Crippen molar-refractivity contribution in [3.8, 4) is 0 Å². The highest BCUT2D eigenvalue weighted by Gasteiger charge is 2.75. The highest BCUT2D eigenvalue weighted by Crippen LogP contribution is 2.59. The third kappa shape index (κ3) is 6.16. The van der Waals surface area contributed by atoms with E-state index >= 15 is 0 Å². The van der Waals surface area contributed by atoms with E-state index in [0.29, 0.717) is 16.5 Å². The molecule has 1 spiro atoms. The van der Waals surface area contributed by atoms with E-state index in [1.807, 2.05) is 44.2 Å². The fraction of sp³-hybridized carbons (Fsp3) is 0.588. The number of fused-ring (bicyclic) bond motifs is 2. The summed E-state index contributed by atoms with van der Waals surface area (Å²) >= 11 is 3.58. The minimum absolute atomic E-state index is 0.0670. The Morgan fingerprint density at radius 1 is 1.09 bits per heavy atom. The Morgan fingerprint density at radius 3 is 2.50 bits per heavy atom. The number of amides is 3. The summed E-state index contributed by atoms with van der Waals surface area (Å²) in [5.41, 5.74) is -0.805. The summed E-state index contributed by atoms with van der Waals surface area (Å²) in [6, 6.07) is 6.36. The van der Waals surface area contributed by atoms with Crippen molar-refractivity contribution in [2.75, 3.05) is 26.9 Å². The Balaban J connectivity index is 1.64. The van der Waals surface area contributed by atoms with Gasteiger partial charge in [-0.3, -0.25) is 19.2 Å². The van der Waals surface area contributed by atoms with E-state index in [1.54, 1.807) is 30.0 Å². The molecule has 3 amide bonds. The first-order chi connectivity index (χ1) is 22.1.